The van der Waals surface area contributed by atoms with E-state index in [0.717, 1.165) is 22.0 Å². The summed E-state index contributed by atoms with van der Waals surface area (Å²) in [7, 11) is -3.73. The quantitative estimate of drug-likeness (QED) is 0.840. The molecule has 0 radical (unpaired) electrons. The van der Waals surface area contributed by atoms with Crippen LogP contribution in [0.2, 0.25) is 0 Å². The fourth-order valence-electron chi connectivity index (χ4n) is 2.94. The minimum Gasteiger partial charge on any atom is -0.351 e. The Hall–Kier alpha value is -1.84. The molecule has 1 fully saturated rings. The Morgan fingerprint density at radius 3 is 2.77 bits per heavy atom. The van der Waals surface area contributed by atoms with Crippen molar-refractivity contribution in [3.05, 3.63) is 46.2 Å². The van der Waals surface area contributed by atoms with Gasteiger partial charge in [0.05, 0.1) is 22.4 Å². The minimum absolute atomic E-state index is 0.0418. The van der Waals surface area contributed by atoms with E-state index >= 15 is 0 Å². The summed E-state index contributed by atoms with van der Waals surface area (Å²) < 4.78 is 39.8. The van der Waals surface area contributed by atoms with Gasteiger partial charge in [-0.3, -0.25) is 4.79 Å². The molecule has 0 saturated carbocycles. The summed E-state index contributed by atoms with van der Waals surface area (Å²) in [6.07, 6.45) is 2.98. The highest BCUT2D eigenvalue weighted by atomic mass is 32.2. The first-order chi connectivity index (χ1) is 12.4. The van der Waals surface area contributed by atoms with Gasteiger partial charge in [-0.25, -0.2) is 17.8 Å². The number of sulfonamides is 1. The normalized spacial score (nSPS) is 18.6. The Labute approximate surface area is 156 Å². The molecule has 0 bridgehead atoms. The molecule has 2 aromatic rings. The number of rotatable bonds is 5. The smallest absolute Gasteiger partial charge is 0.243 e. The van der Waals surface area contributed by atoms with Crippen molar-refractivity contribution in [1.29, 1.82) is 0 Å². The summed E-state index contributed by atoms with van der Waals surface area (Å²) in [5.41, 5.74) is 0. The zero-order chi connectivity index (χ0) is 18.7. The number of amides is 1. The zero-order valence-corrected chi connectivity index (χ0v) is 15.9. The zero-order valence-electron chi connectivity index (χ0n) is 14.3. The van der Waals surface area contributed by atoms with Crippen LogP contribution in [0.15, 0.2) is 35.4 Å². The molecule has 1 aromatic heterocycles. The lowest BCUT2D eigenvalue weighted by molar-refractivity contribution is -0.126. The maximum atomic E-state index is 13.0. The van der Waals surface area contributed by atoms with Crippen LogP contribution >= 0.6 is 11.3 Å². The van der Waals surface area contributed by atoms with Crippen LogP contribution in [-0.2, 0) is 21.4 Å². The summed E-state index contributed by atoms with van der Waals surface area (Å²) in [5.74, 6) is -1.04. The monoisotopic (exact) mass is 397 g/mol. The van der Waals surface area contributed by atoms with E-state index in [2.05, 4.69) is 10.3 Å². The molecule has 140 valence electrons. The lowest BCUT2D eigenvalue weighted by Crippen LogP contribution is -2.45. The molecule has 3 rings (SSSR count). The lowest BCUT2D eigenvalue weighted by Gasteiger charge is -2.31. The standard InChI is InChI=1S/C17H20FN3O3S2/c1-12-19-9-15(25-12)10-20-17(22)13-3-2-8-21(11-13)26(23,24)16-6-4-14(18)5-7-16/h4-7,9,13H,2-3,8,10-11H2,1H3,(H,20,22). The SMILES string of the molecule is Cc1ncc(CNC(=O)C2CCCN(S(=O)(=O)c3ccc(F)cc3)C2)s1. The molecule has 9 heteroatoms. The predicted molar refractivity (Wildman–Crippen MR) is 96.6 cm³/mol. The average molecular weight is 397 g/mol. The van der Waals surface area contributed by atoms with Crippen molar-refractivity contribution in [3.8, 4) is 0 Å². The first-order valence-corrected chi connectivity index (χ1v) is 10.6. The van der Waals surface area contributed by atoms with Crippen LogP contribution in [-0.4, -0.2) is 36.7 Å². The van der Waals surface area contributed by atoms with Crippen LogP contribution in [0.25, 0.3) is 0 Å². The maximum Gasteiger partial charge on any atom is 0.243 e. The number of carbonyl (C=O) groups excluding carboxylic acids is 1. The number of piperidine rings is 1. The first-order valence-electron chi connectivity index (χ1n) is 8.31. The molecular formula is C17H20FN3O3S2. The molecule has 1 atom stereocenters. The van der Waals surface area contributed by atoms with E-state index < -0.39 is 21.8 Å². The number of hydrogen-bond acceptors (Lipinski definition) is 5. The van der Waals surface area contributed by atoms with E-state index in [9.17, 15) is 17.6 Å². The van der Waals surface area contributed by atoms with Crippen molar-refractivity contribution in [3.63, 3.8) is 0 Å². The molecule has 2 heterocycles. The number of halogens is 1. The Bertz CT molecular complexity index is 881. The Kier molecular flexibility index (Phi) is 5.69. The van der Waals surface area contributed by atoms with Crippen molar-refractivity contribution >= 4 is 27.3 Å². The second-order valence-electron chi connectivity index (χ2n) is 6.22. The van der Waals surface area contributed by atoms with Gasteiger partial charge < -0.3 is 5.32 Å². The third kappa shape index (κ3) is 4.28. The Morgan fingerprint density at radius 1 is 1.38 bits per heavy atom. The van der Waals surface area contributed by atoms with Crippen LogP contribution in [0, 0.1) is 18.7 Å². The van der Waals surface area contributed by atoms with Crippen LogP contribution in [0.4, 0.5) is 4.39 Å². The first kappa shape index (κ1) is 18.9. The number of thiazole rings is 1. The van der Waals surface area contributed by atoms with E-state index in [4.69, 9.17) is 0 Å². The van der Waals surface area contributed by atoms with Crippen LogP contribution in [0.3, 0.4) is 0 Å². The lowest BCUT2D eigenvalue weighted by atomic mass is 9.99. The molecule has 0 spiro atoms. The van der Waals surface area contributed by atoms with E-state index in [0.29, 0.717) is 25.9 Å². The number of benzene rings is 1. The third-order valence-corrected chi connectivity index (χ3v) is 7.10. The number of carbonyl (C=O) groups is 1. The minimum atomic E-state index is -3.73. The summed E-state index contributed by atoms with van der Waals surface area (Å²) in [4.78, 5) is 17.6. The summed E-state index contributed by atoms with van der Waals surface area (Å²) in [5, 5.41) is 3.80. The molecule has 1 aromatic carbocycles. The van der Waals surface area contributed by atoms with Crippen molar-refractivity contribution in [1.82, 2.24) is 14.6 Å². The molecular weight excluding hydrogens is 377 g/mol. The van der Waals surface area contributed by atoms with Gasteiger partial charge in [0, 0.05) is 24.2 Å². The number of aromatic nitrogens is 1. The van der Waals surface area contributed by atoms with E-state index in [1.807, 2.05) is 6.92 Å². The molecule has 1 aliphatic heterocycles. The molecule has 1 N–H and O–H groups in total. The number of aryl methyl sites for hydroxylation is 1. The van der Waals surface area contributed by atoms with Gasteiger partial charge in [0.15, 0.2) is 0 Å². The topological polar surface area (TPSA) is 79.4 Å². The molecule has 1 amide bonds. The van der Waals surface area contributed by atoms with Gasteiger partial charge in [-0.05, 0) is 44.0 Å². The van der Waals surface area contributed by atoms with Gasteiger partial charge in [-0.15, -0.1) is 11.3 Å². The summed E-state index contributed by atoms with van der Waals surface area (Å²) >= 11 is 1.52. The van der Waals surface area contributed by atoms with Crippen molar-refractivity contribution in [2.45, 2.75) is 31.2 Å². The molecule has 0 aliphatic carbocycles. The summed E-state index contributed by atoms with van der Waals surface area (Å²) in [6, 6.07) is 4.75. The van der Waals surface area contributed by atoms with Crippen molar-refractivity contribution in [2.24, 2.45) is 5.92 Å². The van der Waals surface area contributed by atoms with Crippen molar-refractivity contribution < 1.29 is 17.6 Å². The largest absolute Gasteiger partial charge is 0.351 e. The van der Waals surface area contributed by atoms with Crippen LogP contribution in [0.1, 0.15) is 22.7 Å². The van der Waals surface area contributed by atoms with E-state index in [1.54, 1.807) is 6.20 Å². The fourth-order valence-corrected chi connectivity index (χ4v) is 5.19. The second kappa shape index (κ2) is 7.81. The van der Waals surface area contributed by atoms with Crippen molar-refractivity contribution in [2.75, 3.05) is 13.1 Å². The summed E-state index contributed by atoms with van der Waals surface area (Å²) in [6.45, 7) is 2.78. The predicted octanol–water partition coefficient (Wildman–Crippen LogP) is 2.31. The Morgan fingerprint density at radius 2 is 2.12 bits per heavy atom. The highest BCUT2D eigenvalue weighted by molar-refractivity contribution is 7.89. The highest BCUT2D eigenvalue weighted by Gasteiger charge is 2.33. The van der Waals surface area contributed by atoms with E-state index in [-0.39, 0.29) is 17.3 Å². The van der Waals surface area contributed by atoms with Crippen LogP contribution < -0.4 is 5.32 Å². The third-order valence-electron chi connectivity index (χ3n) is 4.31. The number of hydrogen-bond donors (Lipinski definition) is 1. The van der Waals surface area contributed by atoms with Crippen LogP contribution in [0.5, 0.6) is 0 Å². The van der Waals surface area contributed by atoms with Gasteiger partial charge in [0.2, 0.25) is 15.9 Å². The van der Waals surface area contributed by atoms with E-state index in [1.165, 1.54) is 27.8 Å². The van der Waals surface area contributed by atoms with Gasteiger partial charge in [-0.2, -0.15) is 4.31 Å². The molecule has 1 saturated heterocycles. The van der Waals surface area contributed by atoms with Gasteiger partial charge in [0.1, 0.15) is 5.82 Å². The number of nitrogens with zero attached hydrogens (tertiary/aromatic N) is 2. The molecule has 1 aliphatic rings. The Balaban J connectivity index is 1.64. The average Bonchev–Trinajstić information content (AvgIpc) is 3.05. The molecule has 26 heavy (non-hydrogen) atoms. The van der Waals surface area contributed by atoms with Gasteiger partial charge in [-0.1, -0.05) is 0 Å². The number of nitrogens with one attached hydrogen (secondary N) is 1. The second-order valence-corrected chi connectivity index (χ2v) is 9.48. The maximum absolute atomic E-state index is 13.0. The van der Waals surface area contributed by atoms with Gasteiger partial charge >= 0.3 is 0 Å². The molecule has 6 nitrogen and oxygen atoms in total. The highest BCUT2D eigenvalue weighted by Crippen LogP contribution is 2.24. The molecule has 1 unspecified atom stereocenters. The fraction of sp³-hybridized carbons (Fsp3) is 0.412. The van der Waals surface area contributed by atoms with Gasteiger partial charge in [0.25, 0.3) is 0 Å².